The third-order valence-electron chi connectivity index (χ3n) is 3.77. The fraction of sp³-hybridized carbons (Fsp3) is 0.235. The third kappa shape index (κ3) is 2.88. The smallest absolute Gasteiger partial charge is 0.253 e. The van der Waals surface area contributed by atoms with Crippen LogP contribution in [-0.2, 0) is 13.0 Å². The molecular formula is C17H17ClN2O. The summed E-state index contributed by atoms with van der Waals surface area (Å²) in [6, 6.07) is 13.5. The highest BCUT2D eigenvalue weighted by Gasteiger charge is 2.16. The highest BCUT2D eigenvalue weighted by molar-refractivity contribution is 6.31. The first-order valence-corrected chi connectivity index (χ1v) is 7.38. The lowest BCUT2D eigenvalue weighted by molar-refractivity contribution is 0.0785. The number of rotatable bonds is 3. The lowest BCUT2D eigenvalue weighted by atomic mass is 10.1. The van der Waals surface area contributed by atoms with Gasteiger partial charge in [0, 0.05) is 36.4 Å². The van der Waals surface area contributed by atoms with Gasteiger partial charge in [-0.3, -0.25) is 4.79 Å². The van der Waals surface area contributed by atoms with Crippen molar-refractivity contribution in [2.24, 2.45) is 0 Å². The Balaban J connectivity index is 1.77. The average molecular weight is 301 g/mol. The fourth-order valence-corrected chi connectivity index (χ4v) is 2.81. The van der Waals surface area contributed by atoms with E-state index in [0.717, 1.165) is 29.8 Å². The Labute approximate surface area is 129 Å². The Morgan fingerprint density at radius 1 is 1.29 bits per heavy atom. The van der Waals surface area contributed by atoms with Gasteiger partial charge in [-0.05, 0) is 41.8 Å². The number of amides is 1. The number of hydrogen-bond acceptors (Lipinski definition) is 2. The number of nitrogens with zero attached hydrogens (tertiary/aromatic N) is 1. The number of fused-ring (bicyclic) bond motifs is 1. The Morgan fingerprint density at radius 3 is 2.90 bits per heavy atom. The van der Waals surface area contributed by atoms with Gasteiger partial charge in [0.1, 0.15) is 0 Å². The zero-order chi connectivity index (χ0) is 14.8. The predicted molar refractivity (Wildman–Crippen MR) is 85.9 cm³/mol. The summed E-state index contributed by atoms with van der Waals surface area (Å²) in [7, 11) is 1.80. The standard InChI is InChI=1S/C17H17ClN2O/c1-20(11-14-4-2-3-5-15(14)18)17(21)13-6-7-16-12(10-13)8-9-19-16/h2-7,10,19H,8-9,11H2,1H3. The van der Waals surface area contributed by atoms with E-state index in [1.165, 1.54) is 5.56 Å². The normalized spacial score (nSPS) is 12.7. The van der Waals surface area contributed by atoms with Gasteiger partial charge in [-0.25, -0.2) is 0 Å². The third-order valence-corrected chi connectivity index (χ3v) is 4.14. The van der Waals surface area contributed by atoms with E-state index in [2.05, 4.69) is 5.32 Å². The topological polar surface area (TPSA) is 32.3 Å². The van der Waals surface area contributed by atoms with Crippen LogP contribution in [-0.4, -0.2) is 24.4 Å². The summed E-state index contributed by atoms with van der Waals surface area (Å²) >= 11 is 6.15. The van der Waals surface area contributed by atoms with E-state index in [-0.39, 0.29) is 5.91 Å². The molecule has 2 aromatic carbocycles. The van der Waals surface area contributed by atoms with Crippen molar-refractivity contribution in [2.45, 2.75) is 13.0 Å². The number of carbonyl (C=O) groups is 1. The van der Waals surface area contributed by atoms with Crippen molar-refractivity contribution in [1.82, 2.24) is 4.90 Å². The molecule has 108 valence electrons. The number of hydrogen-bond donors (Lipinski definition) is 1. The minimum absolute atomic E-state index is 0.0182. The molecule has 21 heavy (non-hydrogen) atoms. The summed E-state index contributed by atoms with van der Waals surface area (Å²) in [6.07, 6.45) is 0.977. The van der Waals surface area contributed by atoms with Gasteiger partial charge in [-0.15, -0.1) is 0 Å². The lowest BCUT2D eigenvalue weighted by Gasteiger charge is -2.18. The monoisotopic (exact) mass is 300 g/mol. The van der Waals surface area contributed by atoms with E-state index in [0.29, 0.717) is 11.6 Å². The van der Waals surface area contributed by atoms with Gasteiger partial charge in [0.15, 0.2) is 0 Å². The summed E-state index contributed by atoms with van der Waals surface area (Å²) in [5, 5.41) is 3.99. The van der Waals surface area contributed by atoms with E-state index in [1.54, 1.807) is 11.9 Å². The van der Waals surface area contributed by atoms with Gasteiger partial charge in [-0.1, -0.05) is 29.8 Å². The van der Waals surface area contributed by atoms with Crippen LogP contribution < -0.4 is 5.32 Å². The summed E-state index contributed by atoms with van der Waals surface area (Å²) in [5.41, 5.74) is 4.04. The maximum atomic E-state index is 12.5. The van der Waals surface area contributed by atoms with Crippen molar-refractivity contribution in [3.63, 3.8) is 0 Å². The molecule has 1 heterocycles. The van der Waals surface area contributed by atoms with Crippen molar-refractivity contribution in [1.29, 1.82) is 0 Å². The van der Waals surface area contributed by atoms with Crippen LogP contribution in [0.1, 0.15) is 21.5 Å². The van der Waals surface area contributed by atoms with Gasteiger partial charge in [0.25, 0.3) is 5.91 Å². The molecule has 0 atom stereocenters. The maximum Gasteiger partial charge on any atom is 0.253 e. The Bertz CT molecular complexity index is 684. The molecule has 0 radical (unpaired) electrons. The molecule has 0 saturated heterocycles. The minimum atomic E-state index is 0.0182. The Kier molecular flexibility index (Phi) is 3.84. The summed E-state index contributed by atoms with van der Waals surface area (Å²) in [6.45, 7) is 1.45. The highest BCUT2D eigenvalue weighted by Crippen LogP contribution is 2.24. The van der Waals surface area contributed by atoms with Gasteiger partial charge < -0.3 is 10.2 Å². The number of halogens is 1. The molecule has 0 unspecified atom stereocenters. The second-order valence-electron chi connectivity index (χ2n) is 5.30. The van der Waals surface area contributed by atoms with E-state index >= 15 is 0 Å². The Morgan fingerprint density at radius 2 is 2.10 bits per heavy atom. The van der Waals surface area contributed by atoms with Crippen LogP contribution in [0.4, 0.5) is 5.69 Å². The SMILES string of the molecule is CN(Cc1ccccc1Cl)C(=O)c1ccc2c(c1)CCN2. The first-order chi connectivity index (χ1) is 10.1. The Hall–Kier alpha value is -2.00. The fourth-order valence-electron chi connectivity index (χ4n) is 2.61. The zero-order valence-electron chi connectivity index (χ0n) is 11.9. The average Bonchev–Trinajstić information content (AvgIpc) is 2.96. The molecule has 0 aromatic heterocycles. The van der Waals surface area contributed by atoms with Crippen molar-refractivity contribution in [3.05, 3.63) is 64.2 Å². The van der Waals surface area contributed by atoms with Crippen molar-refractivity contribution >= 4 is 23.2 Å². The summed E-state index contributed by atoms with van der Waals surface area (Å²) in [5.74, 6) is 0.0182. The van der Waals surface area contributed by atoms with Gasteiger partial charge in [-0.2, -0.15) is 0 Å². The second kappa shape index (κ2) is 5.78. The number of benzene rings is 2. The molecule has 0 saturated carbocycles. The molecule has 0 bridgehead atoms. The van der Waals surface area contributed by atoms with Crippen molar-refractivity contribution < 1.29 is 4.79 Å². The molecule has 1 amide bonds. The van der Waals surface area contributed by atoms with Crippen LogP contribution >= 0.6 is 11.6 Å². The number of anilines is 1. The molecule has 1 aliphatic rings. The van der Waals surface area contributed by atoms with E-state index in [1.807, 2.05) is 42.5 Å². The quantitative estimate of drug-likeness (QED) is 0.939. The van der Waals surface area contributed by atoms with Crippen LogP contribution in [0.15, 0.2) is 42.5 Å². The predicted octanol–water partition coefficient (Wildman–Crippen LogP) is 3.58. The first-order valence-electron chi connectivity index (χ1n) is 7.01. The largest absolute Gasteiger partial charge is 0.384 e. The lowest BCUT2D eigenvalue weighted by Crippen LogP contribution is -2.26. The molecule has 3 rings (SSSR count). The van der Waals surface area contributed by atoms with Crippen molar-refractivity contribution in [2.75, 3.05) is 18.9 Å². The first kappa shape index (κ1) is 14.0. The molecule has 0 spiro atoms. The van der Waals surface area contributed by atoms with Crippen LogP contribution in [0.3, 0.4) is 0 Å². The molecule has 0 fully saturated rings. The molecular weight excluding hydrogens is 284 g/mol. The second-order valence-corrected chi connectivity index (χ2v) is 5.71. The molecule has 1 aliphatic heterocycles. The highest BCUT2D eigenvalue weighted by atomic mass is 35.5. The minimum Gasteiger partial charge on any atom is -0.384 e. The molecule has 3 nitrogen and oxygen atoms in total. The van der Waals surface area contributed by atoms with Gasteiger partial charge >= 0.3 is 0 Å². The van der Waals surface area contributed by atoms with Crippen LogP contribution in [0.2, 0.25) is 5.02 Å². The van der Waals surface area contributed by atoms with Crippen LogP contribution in [0, 0.1) is 0 Å². The maximum absolute atomic E-state index is 12.5. The van der Waals surface area contributed by atoms with Crippen LogP contribution in [0.25, 0.3) is 0 Å². The summed E-state index contributed by atoms with van der Waals surface area (Å²) < 4.78 is 0. The molecule has 1 N–H and O–H groups in total. The number of carbonyl (C=O) groups excluding carboxylic acids is 1. The molecule has 2 aromatic rings. The van der Waals surface area contributed by atoms with Gasteiger partial charge in [0.2, 0.25) is 0 Å². The van der Waals surface area contributed by atoms with E-state index < -0.39 is 0 Å². The summed E-state index contributed by atoms with van der Waals surface area (Å²) in [4.78, 5) is 14.2. The van der Waals surface area contributed by atoms with E-state index in [4.69, 9.17) is 11.6 Å². The van der Waals surface area contributed by atoms with Gasteiger partial charge in [0.05, 0.1) is 0 Å². The van der Waals surface area contributed by atoms with E-state index in [9.17, 15) is 4.79 Å². The zero-order valence-corrected chi connectivity index (χ0v) is 12.7. The molecule has 0 aliphatic carbocycles. The number of nitrogens with one attached hydrogen (secondary N) is 1. The molecule has 4 heteroatoms. The van der Waals surface area contributed by atoms with Crippen LogP contribution in [0.5, 0.6) is 0 Å². The van der Waals surface area contributed by atoms with Crippen molar-refractivity contribution in [3.8, 4) is 0 Å².